The van der Waals surface area contributed by atoms with Crippen molar-refractivity contribution in [1.29, 1.82) is 0 Å². The summed E-state index contributed by atoms with van der Waals surface area (Å²) in [7, 11) is 6.80. The Morgan fingerprint density at radius 2 is 2.07 bits per heavy atom. The van der Waals surface area contributed by atoms with E-state index >= 15 is 0 Å². The summed E-state index contributed by atoms with van der Waals surface area (Å²) in [5, 5.41) is 2.80. The van der Waals surface area contributed by atoms with Crippen LogP contribution in [-0.4, -0.2) is 61.5 Å². The molecule has 2 aromatic rings. The molecule has 2 heterocycles. The Morgan fingerprint density at radius 3 is 2.80 bits per heavy atom. The number of aromatic nitrogens is 1. The Morgan fingerprint density at radius 1 is 1.27 bits per heavy atom. The molecule has 30 heavy (non-hydrogen) atoms. The average Bonchev–Trinajstić information content (AvgIpc) is 2.87. The van der Waals surface area contributed by atoms with Gasteiger partial charge in [-0.3, -0.25) is 14.5 Å². The van der Waals surface area contributed by atoms with Crippen LogP contribution in [0.15, 0.2) is 36.5 Å². The number of fused-ring (bicyclic) bond motifs is 1. The molecule has 3 rings (SSSR count). The van der Waals surface area contributed by atoms with Crippen molar-refractivity contribution in [3.05, 3.63) is 53.2 Å². The van der Waals surface area contributed by atoms with Crippen LogP contribution in [0.2, 0.25) is 0 Å². The van der Waals surface area contributed by atoms with Gasteiger partial charge in [-0.25, -0.2) is 4.98 Å². The molecule has 0 aliphatic carbocycles. The van der Waals surface area contributed by atoms with E-state index in [2.05, 4.69) is 10.3 Å². The highest BCUT2D eigenvalue weighted by molar-refractivity contribution is 5.93. The molecule has 0 spiro atoms. The van der Waals surface area contributed by atoms with Gasteiger partial charge in [-0.15, -0.1) is 0 Å². The SMILES string of the molecule is COc1ccc(OC)c(CN(C)C(=O)C=Cc2cnc3c(c2)CN(C)CC(=O)N3)c1. The lowest BCUT2D eigenvalue weighted by atomic mass is 10.1. The Kier molecular flexibility index (Phi) is 6.68. The van der Waals surface area contributed by atoms with Gasteiger partial charge in [0.25, 0.3) is 0 Å². The van der Waals surface area contributed by atoms with Crippen LogP contribution in [0.5, 0.6) is 11.5 Å². The minimum absolute atomic E-state index is 0.0863. The molecule has 1 aliphatic rings. The van der Waals surface area contributed by atoms with Crippen molar-refractivity contribution < 1.29 is 19.1 Å². The Labute approximate surface area is 176 Å². The summed E-state index contributed by atoms with van der Waals surface area (Å²) in [5.41, 5.74) is 2.55. The summed E-state index contributed by atoms with van der Waals surface area (Å²) in [6.07, 6.45) is 4.87. The fourth-order valence-corrected chi connectivity index (χ4v) is 3.25. The third kappa shape index (κ3) is 5.15. The molecule has 0 saturated heterocycles. The highest BCUT2D eigenvalue weighted by Gasteiger charge is 2.17. The number of benzene rings is 1. The lowest BCUT2D eigenvalue weighted by Crippen LogP contribution is -2.26. The average molecular weight is 410 g/mol. The third-order valence-electron chi connectivity index (χ3n) is 4.79. The lowest BCUT2D eigenvalue weighted by Gasteiger charge is -2.18. The monoisotopic (exact) mass is 410 g/mol. The first-order valence-corrected chi connectivity index (χ1v) is 9.51. The first-order valence-electron chi connectivity index (χ1n) is 9.51. The summed E-state index contributed by atoms with van der Waals surface area (Å²) < 4.78 is 10.6. The van der Waals surface area contributed by atoms with E-state index < -0.39 is 0 Å². The van der Waals surface area contributed by atoms with Gasteiger partial charge >= 0.3 is 0 Å². The molecule has 1 aliphatic heterocycles. The van der Waals surface area contributed by atoms with Crippen LogP contribution in [-0.2, 0) is 22.7 Å². The van der Waals surface area contributed by atoms with E-state index in [1.54, 1.807) is 38.4 Å². The number of likely N-dealkylation sites (N-methyl/N-ethyl adjacent to an activating group) is 2. The predicted octanol–water partition coefficient (Wildman–Crippen LogP) is 2.15. The molecule has 2 amide bonds. The minimum atomic E-state index is -0.153. The Bertz CT molecular complexity index is 974. The zero-order valence-electron chi connectivity index (χ0n) is 17.6. The molecule has 0 bridgehead atoms. The standard InChI is InChI=1S/C22H26N4O4/c1-25-12-17-9-15(11-23-22(17)24-20(27)14-25)5-8-21(28)26(2)13-16-10-18(29-3)6-7-19(16)30-4/h5-11H,12-14H2,1-4H3,(H,23,24,27). The largest absolute Gasteiger partial charge is 0.497 e. The molecular weight excluding hydrogens is 384 g/mol. The number of carbonyl (C=O) groups excluding carboxylic acids is 2. The summed E-state index contributed by atoms with van der Waals surface area (Å²) in [5.74, 6) is 1.72. The molecule has 1 aromatic carbocycles. The van der Waals surface area contributed by atoms with Gasteiger partial charge in [-0.05, 0) is 43.0 Å². The van der Waals surface area contributed by atoms with Gasteiger partial charge in [0.05, 0.1) is 20.8 Å². The summed E-state index contributed by atoms with van der Waals surface area (Å²) in [6, 6.07) is 7.42. The maximum absolute atomic E-state index is 12.6. The zero-order chi connectivity index (χ0) is 21.7. The number of hydrogen-bond donors (Lipinski definition) is 1. The van der Waals surface area contributed by atoms with Crippen molar-refractivity contribution in [2.24, 2.45) is 0 Å². The highest BCUT2D eigenvalue weighted by atomic mass is 16.5. The van der Waals surface area contributed by atoms with E-state index in [1.165, 1.54) is 6.08 Å². The van der Waals surface area contributed by atoms with Crippen molar-refractivity contribution in [3.63, 3.8) is 0 Å². The topological polar surface area (TPSA) is 84.0 Å². The molecule has 0 fully saturated rings. The minimum Gasteiger partial charge on any atom is -0.497 e. The van der Waals surface area contributed by atoms with Crippen molar-refractivity contribution in [3.8, 4) is 11.5 Å². The molecule has 158 valence electrons. The molecule has 1 N–H and O–H groups in total. The van der Waals surface area contributed by atoms with Gasteiger partial charge in [-0.1, -0.05) is 0 Å². The van der Waals surface area contributed by atoms with E-state index in [1.807, 2.05) is 36.2 Å². The van der Waals surface area contributed by atoms with Crippen molar-refractivity contribution in [1.82, 2.24) is 14.8 Å². The molecule has 1 aromatic heterocycles. The van der Waals surface area contributed by atoms with Gasteiger partial charge < -0.3 is 19.7 Å². The van der Waals surface area contributed by atoms with E-state index in [-0.39, 0.29) is 11.8 Å². The Hall–Kier alpha value is -3.39. The maximum Gasteiger partial charge on any atom is 0.246 e. The zero-order valence-corrected chi connectivity index (χ0v) is 17.6. The third-order valence-corrected chi connectivity index (χ3v) is 4.79. The van der Waals surface area contributed by atoms with Crippen LogP contribution in [0.1, 0.15) is 16.7 Å². The fraction of sp³-hybridized carbons (Fsp3) is 0.318. The van der Waals surface area contributed by atoms with Gasteiger partial charge in [0.15, 0.2) is 0 Å². The second kappa shape index (κ2) is 9.41. The van der Waals surface area contributed by atoms with Crippen LogP contribution >= 0.6 is 0 Å². The van der Waals surface area contributed by atoms with Crippen LogP contribution in [0.25, 0.3) is 6.08 Å². The molecule has 0 radical (unpaired) electrons. The number of hydrogen-bond acceptors (Lipinski definition) is 6. The number of nitrogens with one attached hydrogen (secondary N) is 1. The number of anilines is 1. The van der Waals surface area contributed by atoms with Crippen LogP contribution in [0.4, 0.5) is 5.82 Å². The molecule has 8 heteroatoms. The summed E-state index contributed by atoms with van der Waals surface area (Å²) in [6.45, 7) is 1.30. The van der Waals surface area contributed by atoms with E-state index in [0.29, 0.717) is 37.0 Å². The maximum atomic E-state index is 12.6. The molecule has 0 unspecified atom stereocenters. The number of amides is 2. The second-order valence-electron chi connectivity index (χ2n) is 7.20. The molecule has 0 saturated carbocycles. The van der Waals surface area contributed by atoms with Gasteiger partial charge in [0.1, 0.15) is 17.3 Å². The number of ether oxygens (including phenoxy) is 2. The normalized spacial score (nSPS) is 14.1. The number of nitrogens with zero attached hydrogens (tertiary/aromatic N) is 3. The smallest absolute Gasteiger partial charge is 0.246 e. The molecular formula is C22H26N4O4. The fourth-order valence-electron chi connectivity index (χ4n) is 3.25. The Balaban J connectivity index is 1.71. The van der Waals surface area contributed by atoms with Crippen molar-refractivity contribution in [2.45, 2.75) is 13.1 Å². The second-order valence-corrected chi connectivity index (χ2v) is 7.20. The molecule has 8 nitrogen and oxygen atoms in total. The first kappa shape index (κ1) is 21.3. The number of pyridine rings is 1. The highest BCUT2D eigenvalue weighted by Crippen LogP contribution is 2.25. The van der Waals surface area contributed by atoms with Gasteiger partial charge in [-0.2, -0.15) is 0 Å². The summed E-state index contributed by atoms with van der Waals surface area (Å²) >= 11 is 0. The number of carbonyl (C=O) groups is 2. The number of methoxy groups -OCH3 is 2. The summed E-state index contributed by atoms with van der Waals surface area (Å²) in [4.78, 5) is 32.2. The molecule has 0 atom stereocenters. The van der Waals surface area contributed by atoms with Gasteiger partial charge in [0.2, 0.25) is 11.8 Å². The van der Waals surface area contributed by atoms with Crippen LogP contribution in [0.3, 0.4) is 0 Å². The van der Waals surface area contributed by atoms with Gasteiger partial charge in [0, 0.05) is 43.5 Å². The first-order chi connectivity index (χ1) is 14.4. The quantitative estimate of drug-likeness (QED) is 0.735. The van der Waals surface area contributed by atoms with E-state index in [4.69, 9.17) is 9.47 Å². The predicted molar refractivity (Wildman–Crippen MR) is 114 cm³/mol. The number of rotatable bonds is 6. The van der Waals surface area contributed by atoms with E-state index in [0.717, 1.165) is 16.7 Å². The lowest BCUT2D eigenvalue weighted by molar-refractivity contribution is -0.125. The van der Waals surface area contributed by atoms with Crippen molar-refractivity contribution in [2.75, 3.05) is 40.2 Å². The van der Waals surface area contributed by atoms with Crippen LogP contribution in [0, 0.1) is 0 Å². The van der Waals surface area contributed by atoms with Crippen molar-refractivity contribution >= 4 is 23.7 Å². The van der Waals surface area contributed by atoms with Crippen LogP contribution < -0.4 is 14.8 Å². The van der Waals surface area contributed by atoms with E-state index in [9.17, 15) is 9.59 Å².